The van der Waals surface area contributed by atoms with Crippen LogP contribution in [0.25, 0.3) is 0 Å². The maximum atomic E-state index is 6.14. The minimum Gasteiger partial charge on any atom is -0.356 e. The second kappa shape index (κ2) is 5.43. The Bertz CT molecular complexity index is 423. The van der Waals surface area contributed by atoms with Crippen LogP contribution in [-0.2, 0) is 0 Å². The highest BCUT2D eigenvalue weighted by Crippen LogP contribution is 2.30. The third kappa shape index (κ3) is 2.77. The summed E-state index contributed by atoms with van der Waals surface area (Å²) in [6.07, 6.45) is 2.50. The first-order valence-corrected chi connectivity index (χ1v) is 7.12. The van der Waals surface area contributed by atoms with Crippen molar-refractivity contribution in [2.45, 2.75) is 40.5 Å². The third-order valence-corrected chi connectivity index (χ3v) is 4.32. The van der Waals surface area contributed by atoms with Gasteiger partial charge in [0, 0.05) is 18.7 Å². The number of hydrogen-bond acceptors (Lipinski definition) is 3. The summed E-state index contributed by atoms with van der Waals surface area (Å²) in [4.78, 5) is 11.1. The predicted octanol–water partition coefficient (Wildman–Crippen LogP) is 3.62. The van der Waals surface area contributed by atoms with E-state index in [-0.39, 0.29) is 0 Å². The molecule has 1 aromatic heterocycles. The SMILES string of the molecule is Cc1nc(Cl)c(C)c(N2CCC(C(C)C)CC2)n1. The molecule has 4 heteroatoms. The number of aromatic nitrogens is 2. The molecule has 0 bridgehead atoms. The Labute approximate surface area is 115 Å². The molecule has 0 unspecified atom stereocenters. The van der Waals surface area contributed by atoms with Crippen molar-refractivity contribution >= 4 is 17.4 Å². The van der Waals surface area contributed by atoms with Crippen LogP contribution in [0.1, 0.15) is 38.1 Å². The van der Waals surface area contributed by atoms with Gasteiger partial charge in [-0.2, -0.15) is 0 Å². The molecule has 3 nitrogen and oxygen atoms in total. The average molecular weight is 268 g/mol. The molecule has 2 heterocycles. The Morgan fingerprint density at radius 3 is 2.33 bits per heavy atom. The highest BCUT2D eigenvalue weighted by atomic mass is 35.5. The van der Waals surface area contributed by atoms with E-state index < -0.39 is 0 Å². The van der Waals surface area contributed by atoms with Gasteiger partial charge in [0.25, 0.3) is 0 Å². The Hall–Kier alpha value is -0.830. The van der Waals surface area contributed by atoms with Gasteiger partial charge in [-0.05, 0) is 38.5 Å². The second-order valence-electron chi connectivity index (χ2n) is 5.58. The first kappa shape index (κ1) is 13.6. The van der Waals surface area contributed by atoms with Crippen LogP contribution in [-0.4, -0.2) is 23.1 Å². The van der Waals surface area contributed by atoms with E-state index in [1.54, 1.807) is 0 Å². The molecule has 0 atom stereocenters. The number of piperidine rings is 1. The fraction of sp³-hybridized carbons (Fsp3) is 0.714. The minimum atomic E-state index is 0.587. The minimum absolute atomic E-state index is 0.587. The monoisotopic (exact) mass is 267 g/mol. The highest BCUT2D eigenvalue weighted by Gasteiger charge is 2.24. The smallest absolute Gasteiger partial charge is 0.137 e. The third-order valence-electron chi connectivity index (χ3n) is 3.95. The van der Waals surface area contributed by atoms with E-state index in [1.807, 2.05) is 13.8 Å². The lowest BCUT2D eigenvalue weighted by Crippen LogP contribution is -2.36. The summed E-state index contributed by atoms with van der Waals surface area (Å²) in [5.41, 5.74) is 1.00. The topological polar surface area (TPSA) is 29.0 Å². The number of anilines is 1. The molecule has 1 fully saturated rings. The zero-order chi connectivity index (χ0) is 13.3. The maximum Gasteiger partial charge on any atom is 0.137 e. The largest absolute Gasteiger partial charge is 0.356 e. The lowest BCUT2D eigenvalue weighted by Gasteiger charge is -2.35. The van der Waals surface area contributed by atoms with E-state index in [9.17, 15) is 0 Å². The molecule has 0 spiro atoms. The van der Waals surface area contributed by atoms with Gasteiger partial charge in [-0.15, -0.1) is 0 Å². The number of rotatable bonds is 2. The van der Waals surface area contributed by atoms with Crippen LogP contribution < -0.4 is 4.90 Å². The molecule has 1 saturated heterocycles. The van der Waals surface area contributed by atoms with Gasteiger partial charge < -0.3 is 4.90 Å². The Balaban J connectivity index is 2.15. The second-order valence-corrected chi connectivity index (χ2v) is 5.94. The van der Waals surface area contributed by atoms with E-state index >= 15 is 0 Å². The number of hydrogen-bond donors (Lipinski definition) is 0. The first-order valence-electron chi connectivity index (χ1n) is 6.74. The van der Waals surface area contributed by atoms with E-state index in [4.69, 9.17) is 11.6 Å². The number of halogens is 1. The lowest BCUT2D eigenvalue weighted by molar-refractivity contribution is 0.310. The van der Waals surface area contributed by atoms with Crippen molar-refractivity contribution < 1.29 is 0 Å². The summed E-state index contributed by atoms with van der Waals surface area (Å²) in [5, 5.41) is 0.587. The molecule has 0 amide bonds. The van der Waals surface area contributed by atoms with E-state index in [0.717, 1.165) is 42.1 Å². The molecule has 0 aromatic carbocycles. The molecule has 1 aromatic rings. The van der Waals surface area contributed by atoms with Gasteiger partial charge in [0.05, 0.1) is 0 Å². The molecule has 0 aliphatic carbocycles. The number of nitrogens with zero attached hydrogens (tertiary/aromatic N) is 3. The van der Waals surface area contributed by atoms with E-state index in [2.05, 4.69) is 28.7 Å². The molecule has 0 N–H and O–H groups in total. The normalized spacial score (nSPS) is 17.6. The van der Waals surface area contributed by atoms with Gasteiger partial charge in [0.1, 0.15) is 16.8 Å². The maximum absolute atomic E-state index is 6.14. The summed E-state index contributed by atoms with van der Waals surface area (Å²) in [6, 6.07) is 0. The summed E-state index contributed by atoms with van der Waals surface area (Å²) >= 11 is 6.14. The van der Waals surface area contributed by atoms with Crippen molar-refractivity contribution in [3.63, 3.8) is 0 Å². The molecule has 2 rings (SSSR count). The quantitative estimate of drug-likeness (QED) is 0.767. The van der Waals surface area contributed by atoms with Crippen LogP contribution in [0.3, 0.4) is 0 Å². The van der Waals surface area contributed by atoms with Gasteiger partial charge in [0.15, 0.2) is 0 Å². The van der Waals surface area contributed by atoms with E-state index in [1.165, 1.54) is 12.8 Å². The lowest BCUT2D eigenvalue weighted by atomic mass is 9.87. The van der Waals surface area contributed by atoms with Crippen LogP contribution >= 0.6 is 11.6 Å². The van der Waals surface area contributed by atoms with Crippen molar-refractivity contribution in [2.24, 2.45) is 11.8 Å². The first-order chi connectivity index (χ1) is 8.49. The molecule has 1 aliphatic heterocycles. The molecule has 0 radical (unpaired) electrons. The van der Waals surface area contributed by atoms with Crippen LogP contribution in [0.5, 0.6) is 0 Å². The fourth-order valence-electron chi connectivity index (χ4n) is 2.67. The Morgan fingerprint density at radius 2 is 1.78 bits per heavy atom. The molecule has 1 aliphatic rings. The Kier molecular flexibility index (Phi) is 4.10. The zero-order valence-electron chi connectivity index (χ0n) is 11.7. The summed E-state index contributed by atoms with van der Waals surface area (Å²) in [5.74, 6) is 3.41. The van der Waals surface area contributed by atoms with E-state index in [0.29, 0.717) is 5.15 Å². The summed E-state index contributed by atoms with van der Waals surface area (Å²) in [6.45, 7) is 10.7. The predicted molar refractivity (Wildman–Crippen MR) is 76.3 cm³/mol. The van der Waals surface area contributed by atoms with Gasteiger partial charge in [-0.1, -0.05) is 25.4 Å². The van der Waals surface area contributed by atoms with Gasteiger partial charge in [-0.25, -0.2) is 9.97 Å². The summed E-state index contributed by atoms with van der Waals surface area (Å²) in [7, 11) is 0. The van der Waals surface area contributed by atoms with Gasteiger partial charge in [-0.3, -0.25) is 0 Å². The van der Waals surface area contributed by atoms with Crippen LogP contribution in [0.4, 0.5) is 5.82 Å². The van der Waals surface area contributed by atoms with Crippen LogP contribution in [0.15, 0.2) is 0 Å². The van der Waals surface area contributed by atoms with Crippen molar-refractivity contribution in [3.8, 4) is 0 Å². The molecule has 18 heavy (non-hydrogen) atoms. The Morgan fingerprint density at radius 1 is 1.17 bits per heavy atom. The molecular weight excluding hydrogens is 246 g/mol. The van der Waals surface area contributed by atoms with Gasteiger partial charge in [0.2, 0.25) is 0 Å². The van der Waals surface area contributed by atoms with Gasteiger partial charge >= 0.3 is 0 Å². The highest BCUT2D eigenvalue weighted by molar-refractivity contribution is 6.30. The molecule has 0 saturated carbocycles. The molecular formula is C14H22ClN3. The van der Waals surface area contributed by atoms with Crippen LogP contribution in [0.2, 0.25) is 5.15 Å². The number of aryl methyl sites for hydroxylation is 1. The van der Waals surface area contributed by atoms with Crippen molar-refractivity contribution in [1.82, 2.24) is 9.97 Å². The van der Waals surface area contributed by atoms with Crippen molar-refractivity contribution in [1.29, 1.82) is 0 Å². The summed E-state index contributed by atoms with van der Waals surface area (Å²) < 4.78 is 0. The van der Waals surface area contributed by atoms with Crippen molar-refractivity contribution in [3.05, 3.63) is 16.5 Å². The van der Waals surface area contributed by atoms with Crippen molar-refractivity contribution in [2.75, 3.05) is 18.0 Å². The average Bonchev–Trinajstić information content (AvgIpc) is 2.34. The fourth-order valence-corrected chi connectivity index (χ4v) is 2.87. The zero-order valence-corrected chi connectivity index (χ0v) is 12.5. The molecule has 100 valence electrons. The standard InChI is InChI=1S/C14H22ClN3/c1-9(2)12-5-7-18(8-6-12)14-10(3)13(15)16-11(4)17-14/h9,12H,5-8H2,1-4H3. The van der Waals surface area contributed by atoms with Crippen LogP contribution in [0, 0.1) is 25.7 Å².